The molecule has 0 aliphatic heterocycles. The standard InChI is InChI=1S/C19H38O3Si/c1-5-7-9-10-11-12-13-14-15-16-18(19(20)21)22-23(3,4)17-8-6-2/h13-14,18H,5-12,15-17H2,1-4H3,(H,20,21). The van der Waals surface area contributed by atoms with Gasteiger partial charge in [0.1, 0.15) is 6.10 Å². The van der Waals surface area contributed by atoms with E-state index in [0.717, 1.165) is 31.7 Å². The summed E-state index contributed by atoms with van der Waals surface area (Å²) in [5.41, 5.74) is 0. The third kappa shape index (κ3) is 13.5. The van der Waals surface area contributed by atoms with Gasteiger partial charge in [-0.15, -0.1) is 0 Å². The highest BCUT2D eigenvalue weighted by atomic mass is 28.4. The largest absolute Gasteiger partial charge is 0.479 e. The molecule has 0 aliphatic rings. The number of carbonyl (C=O) groups is 1. The lowest BCUT2D eigenvalue weighted by Gasteiger charge is -2.27. The van der Waals surface area contributed by atoms with Crippen LogP contribution in [0.15, 0.2) is 12.2 Å². The molecule has 0 heterocycles. The zero-order chi connectivity index (χ0) is 17.6. The van der Waals surface area contributed by atoms with E-state index in [-0.39, 0.29) is 0 Å². The van der Waals surface area contributed by atoms with E-state index in [4.69, 9.17) is 4.43 Å². The summed E-state index contributed by atoms with van der Waals surface area (Å²) in [5.74, 6) is -0.810. The van der Waals surface area contributed by atoms with Gasteiger partial charge in [-0.1, -0.05) is 64.5 Å². The molecule has 1 atom stereocenters. The first kappa shape index (κ1) is 22.4. The predicted octanol–water partition coefficient (Wildman–Crippen LogP) is 6.16. The lowest BCUT2D eigenvalue weighted by Crippen LogP contribution is -2.39. The summed E-state index contributed by atoms with van der Waals surface area (Å²) in [4.78, 5) is 11.4. The average Bonchev–Trinajstić information content (AvgIpc) is 2.50. The summed E-state index contributed by atoms with van der Waals surface area (Å²) in [6, 6.07) is 1.04. The van der Waals surface area contributed by atoms with Gasteiger partial charge in [0.05, 0.1) is 0 Å². The zero-order valence-corrected chi connectivity index (χ0v) is 16.8. The Labute approximate surface area is 144 Å². The average molecular weight is 343 g/mol. The summed E-state index contributed by atoms with van der Waals surface area (Å²) in [5, 5.41) is 9.36. The van der Waals surface area contributed by atoms with E-state index in [9.17, 15) is 9.90 Å². The van der Waals surface area contributed by atoms with Gasteiger partial charge in [-0.25, -0.2) is 4.79 Å². The first-order chi connectivity index (χ1) is 10.9. The minimum Gasteiger partial charge on any atom is -0.479 e. The van der Waals surface area contributed by atoms with Crippen molar-refractivity contribution in [3.63, 3.8) is 0 Å². The number of rotatable bonds is 15. The lowest BCUT2D eigenvalue weighted by atomic mass is 10.1. The van der Waals surface area contributed by atoms with Gasteiger partial charge >= 0.3 is 5.97 Å². The van der Waals surface area contributed by atoms with Crippen molar-refractivity contribution in [2.45, 2.75) is 103 Å². The van der Waals surface area contributed by atoms with Crippen LogP contribution < -0.4 is 0 Å². The van der Waals surface area contributed by atoms with Crippen LogP contribution in [-0.2, 0) is 9.22 Å². The Morgan fingerprint density at radius 3 is 2.22 bits per heavy atom. The second kappa shape index (κ2) is 13.8. The minimum absolute atomic E-state index is 0.588. The number of hydrogen-bond donors (Lipinski definition) is 1. The fourth-order valence-electron chi connectivity index (χ4n) is 2.63. The monoisotopic (exact) mass is 342 g/mol. The van der Waals surface area contributed by atoms with Crippen molar-refractivity contribution in [1.29, 1.82) is 0 Å². The number of aliphatic carboxylic acids is 1. The maximum atomic E-state index is 11.4. The van der Waals surface area contributed by atoms with Gasteiger partial charge < -0.3 is 9.53 Å². The molecule has 0 bridgehead atoms. The van der Waals surface area contributed by atoms with Gasteiger partial charge in [-0.2, -0.15) is 0 Å². The van der Waals surface area contributed by atoms with E-state index in [0.29, 0.717) is 6.42 Å². The fraction of sp³-hybridized carbons (Fsp3) is 0.842. The molecule has 0 saturated heterocycles. The Kier molecular flexibility index (Phi) is 13.4. The van der Waals surface area contributed by atoms with Crippen molar-refractivity contribution in [3.05, 3.63) is 12.2 Å². The highest BCUT2D eigenvalue weighted by molar-refractivity contribution is 6.71. The van der Waals surface area contributed by atoms with E-state index in [2.05, 4.69) is 39.1 Å². The Balaban J connectivity index is 3.98. The van der Waals surface area contributed by atoms with Gasteiger partial charge in [0.2, 0.25) is 0 Å². The molecular weight excluding hydrogens is 304 g/mol. The molecular formula is C19H38O3Si. The molecule has 4 heteroatoms. The van der Waals surface area contributed by atoms with Crippen LogP contribution in [0.25, 0.3) is 0 Å². The first-order valence-electron chi connectivity index (χ1n) is 9.48. The Morgan fingerprint density at radius 1 is 1.00 bits per heavy atom. The molecule has 0 saturated carbocycles. The van der Waals surface area contributed by atoms with Crippen LogP contribution in [0.3, 0.4) is 0 Å². The topological polar surface area (TPSA) is 46.5 Å². The molecule has 3 nitrogen and oxygen atoms in total. The summed E-state index contributed by atoms with van der Waals surface area (Å²) >= 11 is 0. The van der Waals surface area contributed by atoms with Crippen LogP contribution in [0, 0.1) is 0 Å². The number of unbranched alkanes of at least 4 members (excludes halogenated alkanes) is 6. The van der Waals surface area contributed by atoms with E-state index in [1.165, 1.54) is 32.1 Å². The van der Waals surface area contributed by atoms with Crippen molar-refractivity contribution < 1.29 is 14.3 Å². The zero-order valence-electron chi connectivity index (χ0n) is 15.8. The number of carboxylic acids is 1. The highest BCUT2D eigenvalue weighted by Crippen LogP contribution is 2.19. The molecule has 23 heavy (non-hydrogen) atoms. The molecule has 0 aliphatic carbocycles. The molecule has 0 aromatic rings. The Hall–Kier alpha value is -0.613. The Morgan fingerprint density at radius 2 is 1.61 bits per heavy atom. The van der Waals surface area contributed by atoms with Gasteiger partial charge in [0.15, 0.2) is 8.32 Å². The maximum Gasteiger partial charge on any atom is 0.331 e. The molecule has 0 amide bonds. The van der Waals surface area contributed by atoms with Crippen molar-refractivity contribution in [3.8, 4) is 0 Å². The van der Waals surface area contributed by atoms with E-state index >= 15 is 0 Å². The molecule has 0 radical (unpaired) electrons. The SMILES string of the molecule is CCCCCCCC=CCCC(O[Si](C)(C)CCCC)C(=O)O. The maximum absolute atomic E-state index is 11.4. The second-order valence-corrected chi connectivity index (χ2v) is 11.3. The second-order valence-electron chi connectivity index (χ2n) is 7.06. The number of allylic oxidation sites excluding steroid dienone is 2. The van der Waals surface area contributed by atoms with Crippen LogP contribution in [-0.4, -0.2) is 25.5 Å². The van der Waals surface area contributed by atoms with Crippen LogP contribution >= 0.6 is 0 Å². The predicted molar refractivity (Wildman–Crippen MR) is 101 cm³/mol. The van der Waals surface area contributed by atoms with E-state index in [1.807, 2.05) is 0 Å². The van der Waals surface area contributed by atoms with Crippen molar-refractivity contribution in [2.75, 3.05) is 0 Å². The molecule has 0 rings (SSSR count). The molecule has 0 fully saturated rings. The van der Waals surface area contributed by atoms with Crippen LogP contribution in [0.5, 0.6) is 0 Å². The van der Waals surface area contributed by atoms with Crippen LogP contribution in [0.1, 0.15) is 78.1 Å². The smallest absolute Gasteiger partial charge is 0.331 e. The summed E-state index contributed by atoms with van der Waals surface area (Å²) < 4.78 is 5.98. The van der Waals surface area contributed by atoms with Crippen molar-refractivity contribution in [1.82, 2.24) is 0 Å². The van der Waals surface area contributed by atoms with E-state index < -0.39 is 20.4 Å². The van der Waals surface area contributed by atoms with Gasteiger partial charge in [-0.05, 0) is 44.8 Å². The highest BCUT2D eigenvalue weighted by Gasteiger charge is 2.29. The number of hydrogen-bond acceptors (Lipinski definition) is 2. The van der Waals surface area contributed by atoms with Gasteiger partial charge in [0.25, 0.3) is 0 Å². The molecule has 1 N–H and O–H groups in total. The quantitative estimate of drug-likeness (QED) is 0.220. The molecule has 136 valence electrons. The third-order valence-corrected chi connectivity index (χ3v) is 6.59. The van der Waals surface area contributed by atoms with Crippen molar-refractivity contribution in [2.24, 2.45) is 0 Å². The van der Waals surface area contributed by atoms with Crippen LogP contribution in [0.2, 0.25) is 19.1 Å². The summed E-state index contributed by atoms with van der Waals surface area (Å²) in [6.07, 6.45) is 14.9. The van der Waals surface area contributed by atoms with Crippen LogP contribution in [0.4, 0.5) is 0 Å². The molecule has 0 aromatic heterocycles. The summed E-state index contributed by atoms with van der Waals surface area (Å²) in [7, 11) is -1.85. The number of carboxylic acid groups (broad SMARTS) is 1. The third-order valence-electron chi connectivity index (χ3n) is 4.11. The van der Waals surface area contributed by atoms with Gasteiger partial charge in [0, 0.05) is 0 Å². The van der Waals surface area contributed by atoms with E-state index in [1.54, 1.807) is 0 Å². The van der Waals surface area contributed by atoms with Crippen molar-refractivity contribution >= 4 is 14.3 Å². The molecule has 0 spiro atoms. The van der Waals surface area contributed by atoms with Gasteiger partial charge in [-0.3, -0.25) is 0 Å². The molecule has 0 aromatic carbocycles. The molecule has 1 unspecified atom stereocenters. The minimum atomic E-state index is -1.85. The first-order valence-corrected chi connectivity index (χ1v) is 12.6. The normalized spacial score (nSPS) is 13.6. The lowest BCUT2D eigenvalue weighted by molar-refractivity contribution is -0.145. The summed E-state index contributed by atoms with van der Waals surface area (Å²) in [6.45, 7) is 8.65. The Bertz CT molecular complexity index is 327. The fourth-order valence-corrected chi connectivity index (χ4v) is 4.94.